The Kier molecular flexibility index (Phi) is 10.2. The molecule has 2 aromatic carbocycles. The molecule has 0 unspecified atom stereocenters. The highest BCUT2D eigenvalue weighted by atomic mass is 35.5. The first-order valence-corrected chi connectivity index (χ1v) is 11.4. The number of ether oxygens (including phenoxy) is 1. The molecule has 0 aliphatic carbocycles. The van der Waals surface area contributed by atoms with Crippen LogP contribution in [-0.4, -0.2) is 49.6 Å². The number of unbranched alkanes of at least 4 members (excludes halogenated alkanes) is 2. The maximum atomic E-state index is 13.4. The molecule has 0 fully saturated rings. The van der Waals surface area contributed by atoms with Crippen molar-refractivity contribution in [2.75, 3.05) is 38.7 Å². The topological polar surface area (TPSA) is 45.7 Å². The summed E-state index contributed by atoms with van der Waals surface area (Å²) >= 11 is 1.56. The minimum Gasteiger partial charge on any atom is -0.494 e. The van der Waals surface area contributed by atoms with Gasteiger partial charge in [-0.05, 0) is 63.8 Å². The molecule has 0 saturated carbocycles. The fraction of sp³-hybridized carbons (Fsp3) is 0.417. The number of carbonyl (C=O) groups is 1. The summed E-state index contributed by atoms with van der Waals surface area (Å²) in [5.74, 6) is 0.710. The van der Waals surface area contributed by atoms with Crippen LogP contribution in [0, 0.1) is 0 Å². The van der Waals surface area contributed by atoms with E-state index in [1.807, 2.05) is 67.5 Å². The number of aromatic nitrogens is 1. The van der Waals surface area contributed by atoms with Gasteiger partial charge in [0.15, 0.2) is 5.13 Å². The van der Waals surface area contributed by atoms with Gasteiger partial charge in [-0.2, -0.15) is 0 Å². The number of thiazole rings is 1. The van der Waals surface area contributed by atoms with Crippen LogP contribution in [-0.2, 0) is 0 Å². The molecule has 0 N–H and O–H groups in total. The zero-order valence-corrected chi connectivity index (χ0v) is 20.2. The Morgan fingerprint density at radius 2 is 1.84 bits per heavy atom. The molecule has 0 radical (unpaired) electrons. The second kappa shape index (κ2) is 12.6. The summed E-state index contributed by atoms with van der Waals surface area (Å²) in [4.78, 5) is 22.1. The van der Waals surface area contributed by atoms with Crippen LogP contribution in [0.1, 0.15) is 43.0 Å². The number of rotatable bonds is 11. The lowest BCUT2D eigenvalue weighted by Crippen LogP contribution is -2.33. The molecule has 5 nitrogen and oxygen atoms in total. The molecule has 31 heavy (non-hydrogen) atoms. The lowest BCUT2D eigenvalue weighted by molar-refractivity contribution is 0.0985. The van der Waals surface area contributed by atoms with Crippen LogP contribution in [0.15, 0.2) is 48.5 Å². The van der Waals surface area contributed by atoms with Gasteiger partial charge in [-0.25, -0.2) is 4.98 Å². The number of hydrogen-bond acceptors (Lipinski definition) is 5. The van der Waals surface area contributed by atoms with Crippen molar-refractivity contribution in [1.29, 1.82) is 0 Å². The lowest BCUT2D eigenvalue weighted by atomic mass is 10.2. The zero-order valence-electron chi connectivity index (χ0n) is 18.5. The van der Waals surface area contributed by atoms with Crippen molar-refractivity contribution < 1.29 is 9.53 Å². The number of benzene rings is 2. The minimum absolute atomic E-state index is 0. The third kappa shape index (κ3) is 7.20. The monoisotopic (exact) mass is 461 g/mol. The van der Waals surface area contributed by atoms with Gasteiger partial charge in [-0.15, -0.1) is 12.4 Å². The molecule has 0 saturated heterocycles. The Morgan fingerprint density at radius 1 is 1.03 bits per heavy atom. The largest absolute Gasteiger partial charge is 0.494 e. The molecule has 1 heterocycles. The maximum absolute atomic E-state index is 13.4. The lowest BCUT2D eigenvalue weighted by Gasteiger charge is -2.21. The van der Waals surface area contributed by atoms with E-state index in [9.17, 15) is 4.79 Å². The molecular weight excluding hydrogens is 430 g/mol. The molecular formula is C24H32ClN3O2S. The number of para-hydroxylation sites is 1. The van der Waals surface area contributed by atoms with Gasteiger partial charge in [0, 0.05) is 12.1 Å². The molecule has 168 valence electrons. The van der Waals surface area contributed by atoms with E-state index >= 15 is 0 Å². The number of fused-ring (bicyclic) bond motifs is 1. The number of nitrogens with zero attached hydrogens (tertiary/aromatic N) is 3. The van der Waals surface area contributed by atoms with Crippen molar-refractivity contribution in [2.24, 2.45) is 0 Å². The summed E-state index contributed by atoms with van der Waals surface area (Å²) in [6, 6.07) is 15.5. The van der Waals surface area contributed by atoms with Crippen molar-refractivity contribution in [3.63, 3.8) is 0 Å². The van der Waals surface area contributed by atoms with E-state index in [-0.39, 0.29) is 18.3 Å². The van der Waals surface area contributed by atoms with Gasteiger partial charge < -0.3 is 9.64 Å². The SMILES string of the molecule is CCCCCOc1cccc(C(=O)N(CCCN(C)C)c2nc3ccccc3s2)c1.Cl. The molecule has 7 heteroatoms. The average Bonchev–Trinajstić information content (AvgIpc) is 3.18. The molecule has 3 rings (SSSR count). The maximum Gasteiger partial charge on any atom is 0.260 e. The van der Waals surface area contributed by atoms with Gasteiger partial charge in [0.25, 0.3) is 5.91 Å². The van der Waals surface area contributed by atoms with Crippen LogP contribution in [0.25, 0.3) is 10.2 Å². The Morgan fingerprint density at radius 3 is 2.58 bits per heavy atom. The van der Waals surface area contributed by atoms with Crippen LogP contribution in [0.3, 0.4) is 0 Å². The van der Waals surface area contributed by atoms with Crippen molar-refractivity contribution in [2.45, 2.75) is 32.6 Å². The van der Waals surface area contributed by atoms with Gasteiger partial charge >= 0.3 is 0 Å². The summed E-state index contributed by atoms with van der Waals surface area (Å²) in [5, 5.41) is 0.745. The second-order valence-electron chi connectivity index (χ2n) is 7.66. The molecule has 0 aliphatic heterocycles. The van der Waals surface area contributed by atoms with E-state index in [1.54, 1.807) is 11.3 Å². The predicted octanol–water partition coefficient (Wildman–Crippen LogP) is 5.89. The van der Waals surface area contributed by atoms with Crippen LogP contribution in [0.2, 0.25) is 0 Å². The summed E-state index contributed by atoms with van der Waals surface area (Å²) in [7, 11) is 4.09. The Hall–Kier alpha value is -2.15. The van der Waals surface area contributed by atoms with Crippen LogP contribution in [0.5, 0.6) is 5.75 Å². The third-order valence-corrected chi connectivity index (χ3v) is 5.90. The minimum atomic E-state index is -0.0354. The summed E-state index contributed by atoms with van der Waals surface area (Å²) < 4.78 is 6.94. The second-order valence-corrected chi connectivity index (χ2v) is 8.67. The fourth-order valence-electron chi connectivity index (χ4n) is 3.22. The smallest absolute Gasteiger partial charge is 0.260 e. The quantitative estimate of drug-likeness (QED) is 0.334. The van der Waals surface area contributed by atoms with Crippen LogP contribution in [0.4, 0.5) is 5.13 Å². The third-order valence-electron chi connectivity index (χ3n) is 4.84. The Labute approximate surface area is 195 Å². The number of halogens is 1. The van der Waals surface area contributed by atoms with Crippen LogP contribution >= 0.6 is 23.7 Å². The van der Waals surface area contributed by atoms with Gasteiger partial charge in [0.05, 0.1) is 16.8 Å². The highest BCUT2D eigenvalue weighted by Crippen LogP contribution is 2.30. The standard InChI is InChI=1S/C24H31N3O2S.ClH/c1-4-5-8-17-29-20-12-9-11-19(18-20)23(28)27(16-10-15-26(2)3)24-25-21-13-6-7-14-22(21)30-24;/h6-7,9,11-14,18H,4-5,8,10,15-17H2,1-3H3;1H. The van der Waals surface area contributed by atoms with E-state index in [0.717, 1.165) is 53.3 Å². The summed E-state index contributed by atoms with van der Waals surface area (Å²) in [6.07, 6.45) is 4.21. The molecule has 0 atom stereocenters. The van der Waals surface area contributed by atoms with Gasteiger partial charge in [0.2, 0.25) is 0 Å². The van der Waals surface area contributed by atoms with Crippen molar-refractivity contribution in [1.82, 2.24) is 9.88 Å². The molecule has 1 amide bonds. The highest BCUT2D eigenvalue weighted by molar-refractivity contribution is 7.22. The van der Waals surface area contributed by atoms with Crippen molar-refractivity contribution >= 4 is 45.0 Å². The molecule has 0 aliphatic rings. The van der Waals surface area contributed by atoms with E-state index in [1.165, 1.54) is 0 Å². The zero-order chi connectivity index (χ0) is 21.3. The number of amides is 1. The van der Waals surface area contributed by atoms with E-state index in [0.29, 0.717) is 18.7 Å². The average molecular weight is 462 g/mol. The number of hydrogen-bond donors (Lipinski definition) is 0. The van der Waals surface area contributed by atoms with E-state index in [4.69, 9.17) is 9.72 Å². The molecule has 0 bridgehead atoms. The van der Waals surface area contributed by atoms with Gasteiger partial charge in [-0.1, -0.05) is 49.3 Å². The fourth-order valence-corrected chi connectivity index (χ4v) is 4.21. The van der Waals surface area contributed by atoms with Crippen molar-refractivity contribution in [3.05, 3.63) is 54.1 Å². The number of carbonyl (C=O) groups excluding carboxylic acids is 1. The molecule has 1 aromatic heterocycles. The van der Waals surface area contributed by atoms with E-state index < -0.39 is 0 Å². The van der Waals surface area contributed by atoms with Crippen LogP contribution < -0.4 is 9.64 Å². The van der Waals surface area contributed by atoms with Gasteiger partial charge in [-0.3, -0.25) is 9.69 Å². The van der Waals surface area contributed by atoms with E-state index in [2.05, 4.69) is 11.8 Å². The first-order valence-electron chi connectivity index (χ1n) is 10.6. The molecule has 3 aromatic rings. The summed E-state index contributed by atoms with van der Waals surface area (Å²) in [5.41, 5.74) is 1.56. The van der Waals surface area contributed by atoms with Gasteiger partial charge in [0.1, 0.15) is 5.75 Å². The first kappa shape index (κ1) is 25.1. The normalized spacial score (nSPS) is 10.8. The Balaban J connectivity index is 0.00000341. The molecule has 0 spiro atoms. The Bertz CT molecular complexity index is 928. The first-order chi connectivity index (χ1) is 14.6. The highest BCUT2D eigenvalue weighted by Gasteiger charge is 2.21. The summed E-state index contributed by atoms with van der Waals surface area (Å²) in [6.45, 7) is 4.38. The number of anilines is 1. The predicted molar refractivity (Wildman–Crippen MR) is 133 cm³/mol. The van der Waals surface area contributed by atoms with Crippen molar-refractivity contribution in [3.8, 4) is 5.75 Å².